The molecule has 62 valence electrons. The van der Waals surface area contributed by atoms with Gasteiger partial charge < -0.3 is 5.32 Å². The van der Waals surface area contributed by atoms with Crippen molar-refractivity contribution in [3.05, 3.63) is 0 Å². The Labute approximate surface area is 64.4 Å². The Morgan fingerprint density at radius 3 is 3.36 bits per heavy atom. The largest absolute Gasteiger partial charge is 0.345 e. The van der Waals surface area contributed by atoms with Crippen LogP contribution in [0.2, 0.25) is 0 Å². The van der Waals surface area contributed by atoms with E-state index in [1.54, 1.807) is 0 Å². The SMILES string of the molecule is CCNC1NC(=O)N=CN1N. The number of hydrazine groups is 1. The van der Waals surface area contributed by atoms with Crippen LogP contribution >= 0.6 is 0 Å². The molecule has 0 fully saturated rings. The van der Waals surface area contributed by atoms with Crippen molar-refractivity contribution < 1.29 is 4.79 Å². The van der Waals surface area contributed by atoms with Gasteiger partial charge in [-0.3, -0.25) is 10.3 Å². The second-order valence-corrected chi connectivity index (χ2v) is 2.10. The lowest BCUT2D eigenvalue weighted by Crippen LogP contribution is -2.60. The first-order chi connectivity index (χ1) is 5.24. The molecule has 1 aliphatic heterocycles. The fourth-order valence-electron chi connectivity index (χ4n) is 0.764. The van der Waals surface area contributed by atoms with Crippen LogP contribution in [0, 0.1) is 0 Å². The summed E-state index contributed by atoms with van der Waals surface area (Å²) in [6, 6.07) is -0.377. The van der Waals surface area contributed by atoms with E-state index < -0.39 is 0 Å². The number of rotatable bonds is 2. The van der Waals surface area contributed by atoms with Crippen molar-refractivity contribution in [2.75, 3.05) is 6.54 Å². The van der Waals surface area contributed by atoms with E-state index in [4.69, 9.17) is 5.84 Å². The maximum atomic E-state index is 10.7. The molecule has 1 unspecified atom stereocenters. The number of nitrogens with zero attached hydrogens (tertiary/aromatic N) is 2. The van der Waals surface area contributed by atoms with Gasteiger partial charge in [0.15, 0.2) is 6.29 Å². The zero-order chi connectivity index (χ0) is 8.27. The van der Waals surface area contributed by atoms with Gasteiger partial charge in [0.05, 0.1) is 0 Å². The van der Waals surface area contributed by atoms with Crippen molar-refractivity contribution in [1.82, 2.24) is 15.6 Å². The van der Waals surface area contributed by atoms with Crippen LogP contribution in [0.3, 0.4) is 0 Å². The average molecular weight is 157 g/mol. The molecule has 0 spiro atoms. The second kappa shape index (κ2) is 3.31. The molecule has 11 heavy (non-hydrogen) atoms. The lowest BCUT2D eigenvalue weighted by molar-refractivity contribution is 0.201. The van der Waals surface area contributed by atoms with Gasteiger partial charge in [0.25, 0.3) is 0 Å². The molecule has 0 saturated heterocycles. The normalized spacial score (nSPS) is 23.6. The van der Waals surface area contributed by atoms with Gasteiger partial charge in [-0.2, -0.15) is 4.99 Å². The minimum atomic E-state index is -0.377. The highest BCUT2D eigenvalue weighted by molar-refractivity contribution is 5.85. The van der Waals surface area contributed by atoms with Crippen molar-refractivity contribution in [3.63, 3.8) is 0 Å². The van der Waals surface area contributed by atoms with Gasteiger partial charge >= 0.3 is 6.03 Å². The van der Waals surface area contributed by atoms with Crippen molar-refractivity contribution in [2.45, 2.75) is 13.2 Å². The van der Waals surface area contributed by atoms with E-state index in [2.05, 4.69) is 15.6 Å². The summed E-state index contributed by atoms with van der Waals surface area (Å²) in [6.45, 7) is 2.65. The fraction of sp³-hybridized carbons (Fsp3) is 0.600. The zero-order valence-corrected chi connectivity index (χ0v) is 6.24. The zero-order valence-electron chi connectivity index (χ0n) is 6.24. The highest BCUT2D eigenvalue weighted by atomic mass is 16.2. The molecule has 1 atom stereocenters. The molecule has 0 aromatic heterocycles. The minimum absolute atomic E-state index is 0.343. The first-order valence-corrected chi connectivity index (χ1v) is 3.35. The van der Waals surface area contributed by atoms with Gasteiger partial charge in [-0.1, -0.05) is 6.92 Å². The first-order valence-electron chi connectivity index (χ1n) is 3.35. The number of hydrogen-bond acceptors (Lipinski definition) is 4. The van der Waals surface area contributed by atoms with Crippen LogP contribution in [0.4, 0.5) is 4.79 Å². The number of nitrogens with two attached hydrogens (primary N) is 1. The third-order valence-electron chi connectivity index (χ3n) is 1.26. The molecule has 4 N–H and O–H groups in total. The first kappa shape index (κ1) is 7.96. The van der Waals surface area contributed by atoms with Gasteiger partial charge in [-0.25, -0.2) is 10.6 Å². The average Bonchev–Trinajstić information content (AvgIpc) is 1.98. The smallest absolute Gasteiger partial charge is 0.302 e. The summed E-state index contributed by atoms with van der Waals surface area (Å²) >= 11 is 0. The molecule has 2 amide bonds. The molecule has 1 rings (SSSR count). The van der Waals surface area contributed by atoms with E-state index in [0.717, 1.165) is 6.54 Å². The Bertz CT molecular complexity index is 180. The summed E-state index contributed by atoms with van der Waals surface area (Å²) in [5, 5.41) is 6.76. The van der Waals surface area contributed by atoms with E-state index in [9.17, 15) is 4.79 Å². The van der Waals surface area contributed by atoms with Gasteiger partial charge in [-0.05, 0) is 6.54 Å². The summed E-state index contributed by atoms with van der Waals surface area (Å²) in [5.74, 6) is 5.43. The predicted octanol–water partition coefficient (Wildman–Crippen LogP) is -1.19. The molecule has 0 aliphatic carbocycles. The monoisotopic (exact) mass is 157 g/mol. The van der Waals surface area contributed by atoms with Gasteiger partial charge in [0, 0.05) is 0 Å². The fourth-order valence-corrected chi connectivity index (χ4v) is 0.764. The van der Waals surface area contributed by atoms with Crippen molar-refractivity contribution in [1.29, 1.82) is 0 Å². The summed E-state index contributed by atoms with van der Waals surface area (Å²) in [7, 11) is 0. The molecule has 6 heteroatoms. The Kier molecular flexibility index (Phi) is 2.40. The van der Waals surface area contributed by atoms with Crippen LogP contribution in [0.15, 0.2) is 4.99 Å². The van der Waals surface area contributed by atoms with Crippen molar-refractivity contribution >= 4 is 12.4 Å². The Balaban J connectivity index is 2.53. The molecular weight excluding hydrogens is 146 g/mol. The van der Waals surface area contributed by atoms with Gasteiger partial charge in [-0.15, -0.1) is 0 Å². The summed E-state index contributed by atoms with van der Waals surface area (Å²) < 4.78 is 0. The van der Waals surface area contributed by atoms with Crippen LogP contribution in [0.25, 0.3) is 0 Å². The number of hydrogen-bond donors (Lipinski definition) is 3. The van der Waals surface area contributed by atoms with Crippen LogP contribution in [0.1, 0.15) is 6.92 Å². The standard InChI is InChI=1S/C5H11N5O/c1-2-7-4-9-5(11)8-3-10(4)6/h3-4,7H,2,6H2,1H3,(H,9,11). The summed E-state index contributed by atoms with van der Waals surface area (Å²) in [5.41, 5.74) is 0. The molecule has 0 aromatic rings. The molecular formula is C5H11N5O. The Hall–Kier alpha value is -1.14. The molecule has 1 aliphatic rings. The van der Waals surface area contributed by atoms with Crippen LogP contribution < -0.4 is 16.5 Å². The summed E-state index contributed by atoms with van der Waals surface area (Å²) in [4.78, 5) is 14.1. The molecule has 6 nitrogen and oxygen atoms in total. The number of amides is 2. The van der Waals surface area contributed by atoms with E-state index in [-0.39, 0.29) is 12.3 Å². The van der Waals surface area contributed by atoms with E-state index in [1.807, 2.05) is 6.92 Å². The quantitative estimate of drug-likeness (QED) is 0.440. The lowest BCUT2D eigenvalue weighted by Gasteiger charge is -2.28. The van der Waals surface area contributed by atoms with Gasteiger partial charge in [0.2, 0.25) is 0 Å². The molecule has 0 saturated carbocycles. The third kappa shape index (κ3) is 1.89. The van der Waals surface area contributed by atoms with Crippen LogP contribution in [0.5, 0.6) is 0 Å². The maximum Gasteiger partial charge on any atom is 0.345 e. The molecule has 1 heterocycles. The Morgan fingerprint density at radius 1 is 2.00 bits per heavy atom. The number of aliphatic imine (C=N–C) groups is 1. The minimum Gasteiger partial charge on any atom is -0.302 e. The van der Waals surface area contributed by atoms with Crippen LogP contribution in [-0.4, -0.2) is 30.2 Å². The topological polar surface area (TPSA) is 82.8 Å². The number of carbonyl (C=O) groups excluding carboxylic acids is 1. The number of carbonyl (C=O) groups is 1. The van der Waals surface area contributed by atoms with E-state index in [0.29, 0.717) is 0 Å². The lowest BCUT2D eigenvalue weighted by atomic mass is 10.6. The summed E-state index contributed by atoms with van der Waals surface area (Å²) in [6.07, 6.45) is 0.941. The predicted molar refractivity (Wildman–Crippen MR) is 40.5 cm³/mol. The third-order valence-corrected chi connectivity index (χ3v) is 1.26. The van der Waals surface area contributed by atoms with Crippen LogP contribution in [-0.2, 0) is 0 Å². The maximum absolute atomic E-state index is 10.7. The molecule has 0 aromatic carbocycles. The highest BCUT2D eigenvalue weighted by Gasteiger charge is 2.17. The second-order valence-electron chi connectivity index (χ2n) is 2.10. The Morgan fingerprint density at radius 2 is 2.73 bits per heavy atom. The van der Waals surface area contributed by atoms with Gasteiger partial charge in [0.1, 0.15) is 6.34 Å². The highest BCUT2D eigenvalue weighted by Crippen LogP contribution is 1.89. The van der Waals surface area contributed by atoms with Crippen molar-refractivity contribution in [2.24, 2.45) is 10.8 Å². The number of nitrogens with one attached hydrogen (secondary N) is 2. The van der Waals surface area contributed by atoms with E-state index in [1.165, 1.54) is 11.3 Å². The van der Waals surface area contributed by atoms with E-state index >= 15 is 0 Å². The molecule has 0 radical (unpaired) electrons. The number of urea groups is 1. The molecule has 0 bridgehead atoms. The van der Waals surface area contributed by atoms with Crippen molar-refractivity contribution in [3.8, 4) is 0 Å².